The molecule has 2 aliphatic rings. The van der Waals surface area contributed by atoms with Gasteiger partial charge in [-0.1, -0.05) is 20.8 Å². The molecule has 1 saturated heterocycles. The van der Waals surface area contributed by atoms with Crippen molar-refractivity contribution in [1.82, 2.24) is 4.90 Å². The van der Waals surface area contributed by atoms with Crippen molar-refractivity contribution in [3.05, 3.63) is 0 Å². The maximum atomic E-state index is 9.32. The summed E-state index contributed by atoms with van der Waals surface area (Å²) in [7, 11) is 0. The smallest absolute Gasteiger partial charge is 0.0550 e. The highest BCUT2D eigenvalue weighted by Gasteiger charge is 2.44. The van der Waals surface area contributed by atoms with E-state index in [0.717, 1.165) is 12.8 Å². The van der Waals surface area contributed by atoms with Crippen molar-refractivity contribution in [2.24, 2.45) is 5.41 Å². The van der Waals surface area contributed by atoms with Crippen molar-refractivity contribution in [3.63, 3.8) is 0 Å². The van der Waals surface area contributed by atoms with Crippen molar-refractivity contribution >= 4 is 0 Å². The number of nitrogens with zero attached hydrogens (tertiary/aromatic N) is 1. The lowest BCUT2D eigenvalue weighted by atomic mass is 9.61. The molecule has 1 aliphatic carbocycles. The van der Waals surface area contributed by atoms with E-state index in [1.165, 1.54) is 38.9 Å². The fourth-order valence-corrected chi connectivity index (χ4v) is 2.92. The molecule has 1 N–H and O–H groups in total. The van der Waals surface area contributed by atoms with Gasteiger partial charge in [-0.3, -0.25) is 0 Å². The second-order valence-electron chi connectivity index (χ2n) is 4.90. The Morgan fingerprint density at radius 2 is 1.73 bits per heavy atom. The molecule has 1 spiro atoms. The Hall–Kier alpha value is -0.0800. The molecule has 0 atom stereocenters. The molecule has 0 aromatic heterocycles. The average molecular weight is 213 g/mol. The molecule has 2 rings (SSSR count). The number of aliphatic hydroxyl groups excluding tert-OH is 1. The Balaban J connectivity index is 0.000000531. The van der Waals surface area contributed by atoms with E-state index in [9.17, 15) is 5.11 Å². The average Bonchev–Trinajstić information content (AvgIpc) is 2.23. The summed E-state index contributed by atoms with van der Waals surface area (Å²) >= 11 is 0. The van der Waals surface area contributed by atoms with Crippen LogP contribution in [-0.2, 0) is 0 Å². The van der Waals surface area contributed by atoms with Gasteiger partial charge in [-0.2, -0.15) is 0 Å². The van der Waals surface area contributed by atoms with E-state index in [1.54, 1.807) is 0 Å². The third kappa shape index (κ3) is 3.18. The third-order valence-corrected chi connectivity index (χ3v) is 3.79. The van der Waals surface area contributed by atoms with Gasteiger partial charge >= 0.3 is 0 Å². The third-order valence-electron chi connectivity index (χ3n) is 3.79. The van der Waals surface area contributed by atoms with Crippen LogP contribution in [0.4, 0.5) is 0 Å². The summed E-state index contributed by atoms with van der Waals surface area (Å²) in [6.45, 7) is 10.0. The Morgan fingerprint density at radius 1 is 1.20 bits per heavy atom. The van der Waals surface area contributed by atoms with E-state index in [0.29, 0.717) is 5.41 Å². The monoisotopic (exact) mass is 213 g/mol. The molecule has 0 radical (unpaired) electrons. The molecule has 1 aliphatic heterocycles. The molecule has 2 fully saturated rings. The SMILES string of the molecule is CC.CCCN1CCC2(CC1)CC(O)C2. The van der Waals surface area contributed by atoms with Gasteiger partial charge < -0.3 is 10.0 Å². The Bertz CT molecular complexity index is 165. The Morgan fingerprint density at radius 3 is 2.13 bits per heavy atom. The van der Waals surface area contributed by atoms with E-state index in [2.05, 4.69) is 11.8 Å². The largest absolute Gasteiger partial charge is 0.393 e. The van der Waals surface area contributed by atoms with Crippen LogP contribution in [0.5, 0.6) is 0 Å². The van der Waals surface area contributed by atoms with E-state index in [4.69, 9.17) is 0 Å². The van der Waals surface area contributed by atoms with Crippen LogP contribution in [0.2, 0.25) is 0 Å². The predicted molar refractivity (Wildman–Crippen MR) is 65.0 cm³/mol. The normalized spacial score (nSPS) is 25.6. The van der Waals surface area contributed by atoms with Crippen molar-refractivity contribution < 1.29 is 5.11 Å². The number of aliphatic hydroxyl groups is 1. The van der Waals surface area contributed by atoms with Gasteiger partial charge in [-0.05, 0) is 57.2 Å². The fraction of sp³-hybridized carbons (Fsp3) is 1.00. The Labute approximate surface area is 94.7 Å². The fourth-order valence-electron chi connectivity index (χ4n) is 2.92. The molecule has 0 unspecified atom stereocenters. The second-order valence-corrected chi connectivity index (χ2v) is 4.90. The van der Waals surface area contributed by atoms with E-state index in [1.807, 2.05) is 13.8 Å². The number of hydrogen-bond acceptors (Lipinski definition) is 2. The van der Waals surface area contributed by atoms with Crippen molar-refractivity contribution in [2.75, 3.05) is 19.6 Å². The van der Waals surface area contributed by atoms with Gasteiger partial charge in [0.1, 0.15) is 0 Å². The lowest BCUT2D eigenvalue weighted by Crippen LogP contribution is -2.49. The topological polar surface area (TPSA) is 23.5 Å². The van der Waals surface area contributed by atoms with Gasteiger partial charge in [0.2, 0.25) is 0 Å². The van der Waals surface area contributed by atoms with Crippen LogP contribution in [0, 0.1) is 5.41 Å². The van der Waals surface area contributed by atoms with Crippen molar-refractivity contribution in [2.45, 2.75) is 59.0 Å². The highest BCUT2D eigenvalue weighted by Crippen LogP contribution is 2.48. The summed E-state index contributed by atoms with van der Waals surface area (Å²) in [4.78, 5) is 2.57. The van der Waals surface area contributed by atoms with Crippen LogP contribution in [-0.4, -0.2) is 35.7 Å². The molecule has 2 heteroatoms. The summed E-state index contributed by atoms with van der Waals surface area (Å²) in [5.74, 6) is 0. The molecular formula is C13H27NO. The van der Waals surface area contributed by atoms with Gasteiger partial charge in [-0.25, -0.2) is 0 Å². The minimum Gasteiger partial charge on any atom is -0.393 e. The minimum atomic E-state index is 0.0257. The maximum absolute atomic E-state index is 9.32. The minimum absolute atomic E-state index is 0.0257. The highest BCUT2D eigenvalue weighted by molar-refractivity contribution is 4.96. The van der Waals surface area contributed by atoms with Gasteiger partial charge in [0, 0.05) is 0 Å². The van der Waals surface area contributed by atoms with Crippen molar-refractivity contribution in [3.8, 4) is 0 Å². The van der Waals surface area contributed by atoms with E-state index < -0.39 is 0 Å². The first-order valence-corrected chi connectivity index (χ1v) is 6.64. The standard InChI is InChI=1S/C11H21NO.C2H6/c1-2-5-12-6-3-11(4-7-12)8-10(13)9-11;1-2/h10,13H,2-9H2,1H3;1-2H3. The molecule has 1 heterocycles. The number of hydrogen-bond donors (Lipinski definition) is 1. The summed E-state index contributed by atoms with van der Waals surface area (Å²) in [6.07, 6.45) is 6.10. The van der Waals surface area contributed by atoms with Crippen LogP contribution in [0.1, 0.15) is 52.9 Å². The zero-order valence-electron chi connectivity index (χ0n) is 10.6. The zero-order chi connectivity index (χ0) is 11.3. The number of piperidine rings is 1. The first-order chi connectivity index (χ1) is 7.24. The summed E-state index contributed by atoms with van der Waals surface area (Å²) in [5, 5.41) is 9.32. The first kappa shape index (κ1) is 13.0. The summed E-state index contributed by atoms with van der Waals surface area (Å²) < 4.78 is 0. The molecule has 15 heavy (non-hydrogen) atoms. The molecule has 0 aromatic rings. The lowest BCUT2D eigenvalue weighted by molar-refractivity contribution is -0.0678. The molecule has 2 nitrogen and oxygen atoms in total. The van der Waals surface area contributed by atoms with Gasteiger partial charge in [-0.15, -0.1) is 0 Å². The molecule has 0 aromatic carbocycles. The lowest BCUT2D eigenvalue weighted by Gasteiger charge is -2.50. The maximum Gasteiger partial charge on any atom is 0.0550 e. The summed E-state index contributed by atoms with van der Waals surface area (Å²) in [5.41, 5.74) is 0.559. The summed E-state index contributed by atoms with van der Waals surface area (Å²) in [6, 6.07) is 0. The van der Waals surface area contributed by atoms with Gasteiger partial charge in [0.25, 0.3) is 0 Å². The first-order valence-electron chi connectivity index (χ1n) is 6.64. The van der Waals surface area contributed by atoms with Gasteiger partial charge in [0.05, 0.1) is 6.10 Å². The molecule has 0 bridgehead atoms. The van der Waals surface area contributed by atoms with Gasteiger partial charge in [0.15, 0.2) is 0 Å². The van der Waals surface area contributed by atoms with E-state index in [-0.39, 0.29) is 6.10 Å². The van der Waals surface area contributed by atoms with Crippen LogP contribution in [0.15, 0.2) is 0 Å². The van der Waals surface area contributed by atoms with Crippen LogP contribution in [0.25, 0.3) is 0 Å². The van der Waals surface area contributed by atoms with E-state index >= 15 is 0 Å². The van der Waals surface area contributed by atoms with Crippen LogP contribution in [0.3, 0.4) is 0 Å². The predicted octanol–water partition coefficient (Wildman–Crippen LogP) is 2.66. The molecule has 0 amide bonds. The number of rotatable bonds is 2. The Kier molecular flexibility index (Phi) is 5.07. The molecule has 1 saturated carbocycles. The number of likely N-dealkylation sites (tertiary alicyclic amines) is 1. The van der Waals surface area contributed by atoms with Crippen LogP contribution < -0.4 is 0 Å². The second kappa shape index (κ2) is 5.86. The quantitative estimate of drug-likeness (QED) is 0.762. The highest BCUT2D eigenvalue weighted by atomic mass is 16.3. The molecular weight excluding hydrogens is 186 g/mol. The van der Waals surface area contributed by atoms with Crippen LogP contribution >= 0.6 is 0 Å². The zero-order valence-corrected chi connectivity index (χ0v) is 10.6. The molecule has 90 valence electrons. The van der Waals surface area contributed by atoms with Crippen molar-refractivity contribution in [1.29, 1.82) is 0 Å².